The number of nitrogens with one attached hydrogen (secondary N) is 1. The number of hydrogen-bond acceptors (Lipinski definition) is 3. The van der Waals surface area contributed by atoms with Gasteiger partial charge in [0.15, 0.2) is 0 Å². The van der Waals surface area contributed by atoms with Crippen molar-refractivity contribution in [1.82, 2.24) is 5.32 Å². The lowest BCUT2D eigenvalue weighted by Gasteiger charge is -2.18. The second-order valence-corrected chi connectivity index (χ2v) is 5.33. The van der Waals surface area contributed by atoms with E-state index < -0.39 is 0 Å². The quantitative estimate of drug-likeness (QED) is 0.808. The number of nitrogens with zero attached hydrogens (tertiary/aromatic N) is 1. The van der Waals surface area contributed by atoms with Crippen LogP contribution in [0.5, 0.6) is 0 Å². The standard InChI is InChI=1S/C16H22N2O3/c1-12-6-3-4-7-14(12)18-11-13(10-15(18)19)16(20)17-8-5-9-21-2/h3-4,6-7,13H,5,8-11H2,1-2H3,(H,17,20)/t13-/m1/s1. The molecule has 0 aliphatic carbocycles. The van der Waals surface area contributed by atoms with E-state index in [0.29, 0.717) is 19.7 Å². The molecule has 1 heterocycles. The van der Waals surface area contributed by atoms with Crippen LogP contribution in [-0.2, 0) is 14.3 Å². The molecule has 1 atom stereocenters. The molecule has 1 fully saturated rings. The number of ether oxygens (including phenoxy) is 1. The number of anilines is 1. The van der Waals surface area contributed by atoms with Crippen LogP contribution in [0, 0.1) is 12.8 Å². The molecule has 0 saturated carbocycles. The SMILES string of the molecule is COCCCNC(=O)[C@@H]1CC(=O)N(c2ccccc2C)C1. The number of rotatable bonds is 6. The normalized spacial score (nSPS) is 18.1. The Bertz CT molecular complexity index is 516. The Labute approximate surface area is 125 Å². The third-order valence-electron chi connectivity index (χ3n) is 3.73. The third kappa shape index (κ3) is 3.82. The van der Waals surface area contributed by atoms with Crippen LogP contribution in [0.1, 0.15) is 18.4 Å². The van der Waals surface area contributed by atoms with Crippen LogP contribution in [0.3, 0.4) is 0 Å². The first kappa shape index (κ1) is 15.5. The average Bonchev–Trinajstić information content (AvgIpc) is 2.86. The molecule has 1 saturated heterocycles. The van der Waals surface area contributed by atoms with Crippen LogP contribution >= 0.6 is 0 Å². The molecule has 1 N–H and O–H groups in total. The summed E-state index contributed by atoms with van der Waals surface area (Å²) in [6.45, 7) is 3.64. The summed E-state index contributed by atoms with van der Waals surface area (Å²) in [4.78, 5) is 25.9. The van der Waals surface area contributed by atoms with Gasteiger partial charge in [0.05, 0.1) is 5.92 Å². The summed E-state index contributed by atoms with van der Waals surface area (Å²) in [7, 11) is 1.64. The first-order chi connectivity index (χ1) is 10.1. The molecule has 0 radical (unpaired) electrons. The number of methoxy groups -OCH3 is 1. The van der Waals surface area contributed by atoms with Gasteiger partial charge in [-0.15, -0.1) is 0 Å². The number of carbonyl (C=O) groups excluding carboxylic acids is 2. The Morgan fingerprint density at radius 1 is 1.43 bits per heavy atom. The monoisotopic (exact) mass is 290 g/mol. The van der Waals surface area contributed by atoms with Gasteiger partial charge in [0.1, 0.15) is 0 Å². The predicted octanol–water partition coefficient (Wildman–Crippen LogP) is 1.50. The Balaban J connectivity index is 1.93. The van der Waals surface area contributed by atoms with Crippen LogP contribution in [0.2, 0.25) is 0 Å². The summed E-state index contributed by atoms with van der Waals surface area (Å²) < 4.78 is 4.94. The van der Waals surface area contributed by atoms with Gasteiger partial charge < -0.3 is 15.0 Å². The van der Waals surface area contributed by atoms with Crippen LogP contribution < -0.4 is 10.2 Å². The zero-order valence-corrected chi connectivity index (χ0v) is 12.6. The second-order valence-electron chi connectivity index (χ2n) is 5.33. The zero-order chi connectivity index (χ0) is 15.2. The summed E-state index contributed by atoms with van der Waals surface area (Å²) in [6, 6.07) is 7.75. The number of aryl methyl sites for hydroxylation is 1. The predicted molar refractivity (Wildman–Crippen MR) is 81.1 cm³/mol. The van der Waals surface area contributed by atoms with Crippen molar-refractivity contribution in [2.24, 2.45) is 5.92 Å². The Morgan fingerprint density at radius 3 is 2.90 bits per heavy atom. The lowest BCUT2D eigenvalue weighted by Crippen LogP contribution is -2.34. The molecular weight excluding hydrogens is 268 g/mol. The zero-order valence-electron chi connectivity index (χ0n) is 12.6. The van der Waals surface area contributed by atoms with Gasteiger partial charge in [0, 0.05) is 38.9 Å². The smallest absolute Gasteiger partial charge is 0.227 e. The average molecular weight is 290 g/mol. The van der Waals surface area contributed by atoms with E-state index in [1.165, 1.54) is 0 Å². The first-order valence-corrected chi connectivity index (χ1v) is 7.26. The number of amides is 2. The molecule has 1 aliphatic rings. The molecule has 0 bridgehead atoms. The fraction of sp³-hybridized carbons (Fsp3) is 0.500. The van der Waals surface area contributed by atoms with Gasteiger partial charge in [-0.25, -0.2) is 0 Å². The van der Waals surface area contributed by atoms with Crippen LogP contribution in [-0.4, -0.2) is 38.6 Å². The summed E-state index contributed by atoms with van der Waals surface area (Å²) in [5, 5.41) is 2.87. The lowest BCUT2D eigenvalue weighted by molar-refractivity contribution is -0.126. The largest absolute Gasteiger partial charge is 0.385 e. The van der Waals surface area contributed by atoms with E-state index in [1.807, 2.05) is 31.2 Å². The molecule has 21 heavy (non-hydrogen) atoms. The number of hydrogen-bond donors (Lipinski definition) is 1. The highest BCUT2D eigenvalue weighted by Crippen LogP contribution is 2.27. The minimum Gasteiger partial charge on any atom is -0.385 e. The maximum absolute atomic E-state index is 12.1. The van der Waals surface area contributed by atoms with Crippen molar-refractivity contribution in [3.05, 3.63) is 29.8 Å². The van der Waals surface area contributed by atoms with E-state index in [0.717, 1.165) is 17.7 Å². The molecule has 5 nitrogen and oxygen atoms in total. The van der Waals surface area contributed by atoms with E-state index in [1.54, 1.807) is 12.0 Å². The Hall–Kier alpha value is -1.88. The second kappa shape index (κ2) is 7.22. The summed E-state index contributed by atoms with van der Waals surface area (Å²) in [6.07, 6.45) is 1.06. The van der Waals surface area contributed by atoms with E-state index in [9.17, 15) is 9.59 Å². The first-order valence-electron chi connectivity index (χ1n) is 7.26. The summed E-state index contributed by atoms with van der Waals surface area (Å²) in [5.41, 5.74) is 1.95. The van der Waals surface area contributed by atoms with Gasteiger partial charge in [0.2, 0.25) is 11.8 Å². The minimum absolute atomic E-state index is 0.0151. The van der Waals surface area contributed by atoms with E-state index in [4.69, 9.17) is 4.74 Å². The topological polar surface area (TPSA) is 58.6 Å². The minimum atomic E-state index is -0.264. The van der Waals surface area contributed by atoms with Crippen LogP contribution in [0.25, 0.3) is 0 Å². The highest BCUT2D eigenvalue weighted by molar-refractivity contribution is 6.00. The van der Waals surface area contributed by atoms with Gasteiger partial charge in [-0.05, 0) is 25.0 Å². The van der Waals surface area contributed by atoms with Gasteiger partial charge in [-0.2, -0.15) is 0 Å². The van der Waals surface area contributed by atoms with Gasteiger partial charge in [-0.1, -0.05) is 18.2 Å². The molecular formula is C16H22N2O3. The van der Waals surface area contributed by atoms with Crippen molar-refractivity contribution in [2.45, 2.75) is 19.8 Å². The van der Waals surface area contributed by atoms with Gasteiger partial charge in [-0.3, -0.25) is 9.59 Å². The molecule has 1 aromatic rings. The summed E-state index contributed by atoms with van der Waals surface area (Å²) >= 11 is 0. The van der Waals surface area contributed by atoms with Crippen molar-refractivity contribution in [3.8, 4) is 0 Å². The fourth-order valence-electron chi connectivity index (χ4n) is 2.55. The van der Waals surface area contributed by atoms with E-state index in [-0.39, 0.29) is 24.2 Å². The number of benzene rings is 1. The Morgan fingerprint density at radius 2 is 2.19 bits per heavy atom. The highest BCUT2D eigenvalue weighted by Gasteiger charge is 2.35. The molecule has 2 amide bonds. The molecule has 0 spiro atoms. The summed E-state index contributed by atoms with van der Waals surface area (Å²) in [5.74, 6) is -0.295. The van der Waals surface area contributed by atoms with Crippen molar-refractivity contribution in [1.29, 1.82) is 0 Å². The lowest BCUT2D eigenvalue weighted by atomic mass is 10.1. The van der Waals surface area contributed by atoms with Gasteiger partial charge in [0.25, 0.3) is 0 Å². The highest BCUT2D eigenvalue weighted by atomic mass is 16.5. The molecule has 2 rings (SSSR count). The maximum atomic E-state index is 12.1. The van der Waals surface area contributed by atoms with Crippen LogP contribution in [0.4, 0.5) is 5.69 Å². The number of carbonyl (C=O) groups is 2. The Kier molecular flexibility index (Phi) is 5.33. The van der Waals surface area contributed by atoms with Crippen molar-refractivity contribution in [3.63, 3.8) is 0 Å². The molecule has 1 aromatic carbocycles. The van der Waals surface area contributed by atoms with E-state index >= 15 is 0 Å². The number of para-hydroxylation sites is 1. The fourth-order valence-corrected chi connectivity index (χ4v) is 2.55. The third-order valence-corrected chi connectivity index (χ3v) is 3.73. The van der Waals surface area contributed by atoms with Crippen LogP contribution in [0.15, 0.2) is 24.3 Å². The van der Waals surface area contributed by atoms with Crippen molar-refractivity contribution in [2.75, 3.05) is 31.7 Å². The van der Waals surface area contributed by atoms with Crippen molar-refractivity contribution >= 4 is 17.5 Å². The molecule has 114 valence electrons. The van der Waals surface area contributed by atoms with Crippen molar-refractivity contribution < 1.29 is 14.3 Å². The maximum Gasteiger partial charge on any atom is 0.227 e. The van der Waals surface area contributed by atoms with Gasteiger partial charge >= 0.3 is 0 Å². The molecule has 0 aromatic heterocycles. The molecule has 5 heteroatoms. The van der Waals surface area contributed by atoms with E-state index in [2.05, 4.69) is 5.32 Å². The molecule has 0 unspecified atom stereocenters. The molecule has 1 aliphatic heterocycles.